The molecule has 0 bridgehead atoms. The van der Waals surface area contributed by atoms with Crippen LogP contribution in [0.15, 0.2) is 12.2 Å². The highest BCUT2D eigenvalue weighted by atomic mass is 14.1. The lowest BCUT2D eigenvalue weighted by atomic mass is 9.97. The van der Waals surface area contributed by atoms with E-state index in [1.54, 1.807) is 0 Å². The number of hydrogen-bond acceptors (Lipinski definition) is 0. The molecule has 1 atom stereocenters. The molecule has 18 heavy (non-hydrogen) atoms. The SMILES string of the molecule is [CH2]CCCCC=CCCCC(C)CCCCC[CH2]. The van der Waals surface area contributed by atoms with Gasteiger partial charge in [0.25, 0.3) is 0 Å². The number of unbranched alkanes of at least 4 members (excludes halogenated alkanes) is 7. The average Bonchev–Trinajstić information content (AvgIpc) is 2.38. The monoisotopic (exact) mass is 250 g/mol. The first kappa shape index (κ1) is 17.7. The molecule has 0 heteroatoms. The maximum Gasteiger partial charge on any atom is -0.0351 e. The van der Waals surface area contributed by atoms with Crippen LogP contribution in [0.5, 0.6) is 0 Å². The fraction of sp³-hybridized carbons (Fsp3) is 0.778. The molecule has 0 saturated carbocycles. The predicted octanol–water partition coefficient (Wildman–Crippen LogP) is 6.53. The smallest absolute Gasteiger partial charge is 0.0351 e. The van der Waals surface area contributed by atoms with Crippen molar-refractivity contribution in [2.75, 3.05) is 0 Å². The van der Waals surface area contributed by atoms with E-state index in [2.05, 4.69) is 32.9 Å². The van der Waals surface area contributed by atoms with Crippen LogP contribution in [-0.2, 0) is 0 Å². The van der Waals surface area contributed by atoms with Crippen LogP contribution in [0.1, 0.15) is 84.0 Å². The van der Waals surface area contributed by atoms with Gasteiger partial charge in [0.15, 0.2) is 0 Å². The highest BCUT2D eigenvalue weighted by Gasteiger charge is 2.00. The fourth-order valence-corrected chi connectivity index (χ4v) is 2.25. The normalized spacial score (nSPS) is 13.3. The predicted molar refractivity (Wildman–Crippen MR) is 84.4 cm³/mol. The molecule has 106 valence electrons. The van der Waals surface area contributed by atoms with Crippen molar-refractivity contribution in [1.29, 1.82) is 0 Å². The first-order chi connectivity index (χ1) is 8.81. The van der Waals surface area contributed by atoms with Crippen LogP contribution < -0.4 is 0 Å². The standard InChI is InChI=1S/C18H34/c1-4-6-8-10-11-12-13-15-17-18(3)16-14-9-7-5-2/h11-12,18H,1-2,4-10,13-17H2,3H3. The van der Waals surface area contributed by atoms with Gasteiger partial charge in [0.05, 0.1) is 0 Å². The van der Waals surface area contributed by atoms with E-state index < -0.39 is 0 Å². The van der Waals surface area contributed by atoms with Crippen molar-refractivity contribution < 1.29 is 0 Å². The summed E-state index contributed by atoms with van der Waals surface area (Å²) >= 11 is 0. The Labute approximate surface area is 116 Å². The largest absolute Gasteiger partial charge is 0.0885 e. The van der Waals surface area contributed by atoms with Gasteiger partial charge in [0.1, 0.15) is 0 Å². The molecular weight excluding hydrogens is 216 g/mol. The third kappa shape index (κ3) is 13.8. The lowest BCUT2D eigenvalue weighted by molar-refractivity contribution is 0.450. The van der Waals surface area contributed by atoms with Crippen molar-refractivity contribution in [2.24, 2.45) is 5.92 Å². The van der Waals surface area contributed by atoms with Crippen LogP contribution in [0.4, 0.5) is 0 Å². The van der Waals surface area contributed by atoms with Gasteiger partial charge in [-0.15, -0.1) is 0 Å². The first-order valence-electron chi connectivity index (χ1n) is 8.04. The molecule has 0 N–H and O–H groups in total. The van der Waals surface area contributed by atoms with Gasteiger partial charge in [-0.25, -0.2) is 0 Å². The molecular formula is C18H34. The minimum atomic E-state index is 0.911. The second-order valence-electron chi connectivity index (χ2n) is 5.56. The zero-order valence-electron chi connectivity index (χ0n) is 12.6. The van der Waals surface area contributed by atoms with Crippen LogP contribution in [0, 0.1) is 19.8 Å². The van der Waals surface area contributed by atoms with Crippen molar-refractivity contribution in [3.05, 3.63) is 26.0 Å². The summed E-state index contributed by atoms with van der Waals surface area (Å²) in [7, 11) is 0. The van der Waals surface area contributed by atoms with Gasteiger partial charge in [-0.05, 0) is 31.6 Å². The summed E-state index contributed by atoms with van der Waals surface area (Å²) in [4.78, 5) is 0. The Morgan fingerprint density at radius 2 is 1.28 bits per heavy atom. The Balaban J connectivity index is 3.21. The third-order valence-electron chi connectivity index (χ3n) is 3.55. The van der Waals surface area contributed by atoms with Crippen LogP contribution in [0.2, 0.25) is 0 Å². The lowest BCUT2D eigenvalue weighted by Gasteiger charge is -2.09. The molecule has 0 nitrogen and oxygen atoms in total. The first-order valence-corrected chi connectivity index (χ1v) is 8.04. The molecule has 0 aliphatic rings. The van der Waals surface area contributed by atoms with Gasteiger partial charge in [0.2, 0.25) is 0 Å². The summed E-state index contributed by atoms with van der Waals surface area (Å²) in [6.07, 6.45) is 20.3. The molecule has 0 aromatic rings. The van der Waals surface area contributed by atoms with Crippen molar-refractivity contribution in [3.63, 3.8) is 0 Å². The second kappa shape index (κ2) is 14.8. The number of rotatable bonds is 13. The second-order valence-corrected chi connectivity index (χ2v) is 5.56. The van der Waals surface area contributed by atoms with E-state index in [9.17, 15) is 0 Å². The summed E-state index contributed by atoms with van der Waals surface area (Å²) in [6.45, 7) is 10.2. The molecule has 0 aromatic carbocycles. The van der Waals surface area contributed by atoms with E-state index in [1.807, 2.05) is 0 Å². The van der Waals surface area contributed by atoms with Gasteiger partial charge >= 0.3 is 0 Å². The molecule has 0 aliphatic heterocycles. The highest BCUT2D eigenvalue weighted by Crippen LogP contribution is 2.16. The fourth-order valence-electron chi connectivity index (χ4n) is 2.25. The van der Waals surface area contributed by atoms with E-state index in [0.717, 1.165) is 18.8 Å². The van der Waals surface area contributed by atoms with E-state index >= 15 is 0 Å². The molecule has 0 spiro atoms. The van der Waals surface area contributed by atoms with Crippen molar-refractivity contribution in [3.8, 4) is 0 Å². The molecule has 0 aliphatic carbocycles. The molecule has 0 amide bonds. The van der Waals surface area contributed by atoms with E-state index in [4.69, 9.17) is 0 Å². The van der Waals surface area contributed by atoms with E-state index in [1.165, 1.54) is 64.2 Å². The Hall–Kier alpha value is -0.260. The Morgan fingerprint density at radius 3 is 1.94 bits per heavy atom. The summed E-state index contributed by atoms with van der Waals surface area (Å²) in [5.41, 5.74) is 0. The van der Waals surface area contributed by atoms with Crippen molar-refractivity contribution >= 4 is 0 Å². The Bertz CT molecular complexity index is 169. The van der Waals surface area contributed by atoms with Crippen LogP contribution in [-0.4, -0.2) is 0 Å². The highest BCUT2D eigenvalue weighted by molar-refractivity contribution is 4.81. The summed E-state index contributed by atoms with van der Waals surface area (Å²) in [5, 5.41) is 0. The minimum absolute atomic E-state index is 0.911. The Kier molecular flexibility index (Phi) is 14.6. The van der Waals surface area contributed by atoms with E-state index in [0.29, 0.717) is 0 Å². The van der Waals surface area contributed by atoms with Gasteiger partial charge in [0, 0.05) is 0 Å². The molecule has 0 aromatic heterocycles. The molecule has 0 saturated heterocycles. The van der Waals surface area contributed by atoms with Crippen LogP contribution in [0.3, 0.4) is 0 Å². The van der Waals surface area contributed by atoms with Gasteiger partial charge in [-0.2, -0.15) is 0 Å². The minimum Gasteiger partial charge on any atom is -0.0885 e. The van der Waals surface area contributed by atoms with Crippen molar-refractivity contribution in [1.82, 2.24) is 0 Å². The third-order valence-corrected chi connectivity index (χ3v) is 3.55. The van der Waals surface area contributed by atoms with Gasteiger partial charge < -0.3 is 0 Å². The van der Waals surface area contributed by atoms with Gasteiger partial charge in [-0.3, -0.25) is 0 Å². The molecule has 0 heterocycles. The van der Waals surface area contributed by atoms with Crippen LogP contribution in [0.25, 0.3) is 0 Å². The Morgan fingerprint density at radius 1 is 0.722 bits per heavy atom. The zero-order chi connectivity index (χ0) is 13.5. The number of hydrogen-bond donors (Lipinski definition) is 0. The van der Waals surface area contributed by atoms with E-state index in [-0.39, 0.29) is 0 Å². The summed E-state index contributed by atoms with van der Waals surface area (Å²) in [6, 6.07) is 0. The van der Waals surface area contributed by atoms with Crippen molar-refractivity contribution in [2.45, 2.75) is 84.0 Å². The summed E-state index contributed by atoms with van der Waals surface area (Å²) in [5.74, 6) is 0.911. The molecule has 0 rings (SSSR count). The molecule has 1 unspecified atom stereocenters. The molecule has 0 fully saturated rings. The quantitative estimate of drug-likeness (QED) is 0.257. The molecule has 2 radical (unpaired) electrons. The topological polar surface area (TPSA) is 0 Å². The average molecular weight is 250 g/mol. The zero-order valence-corrected chi connectivity index (χ0v) is 12.6. The van der Waals surface area contributed by atoms with Gasteiger partial charge in [-0.1, -0.05) is 84.3 Å². The summed E-state index contributed by atoms with van der Waals surface area (Å²) < 4.78 is 0. The van der Waals surface area contributed by atoms with Crippen LogP contribution >= 0.6 is 0 Å². The maximum absolute atomic E-state index is 3.89. The maximum atomic E-state index is 3.89. The number of allylic oxidation sites excluding steroid dienone is 2. The lowest BCUT2D eigenvalue weighted by Crippen LogP contribution is -1.94.